The molecule has 0 aliphatic carbocycles. The molecule has 7 aromatic carbocycles. The minimum Gasteiger partial charge on any atom is -0.455 e. The maximum absolute atomic E-state index is 6.88. The van der Waals surface area contributed by atoms with E-state index in [4.69, 9.17) is 8.83 Å². The van der Waals surface area contributed by atoms with Crippen molar-refractivity contribution in [2.45, 2.75) is 0 Å². The normalized spacial score (nSPS) is 12.7. The third kappa shape index (κ3) is 3.61. The molecule has 216 valence electrons. The third-order valence-electron chi connectivity index (χ3n) is 9.15. The molecule has 0 fully saturated rings. The third-order valence-corrected chi connectivity index (χ3v) is 9.15. The summed E-state index contributed by atoms with van der Waals surface area (Å²) in [5.41, 5.74) is 11.8. The molecule has 10 rings (SSSR count). The standard InChI is InChI=1S/C42H26N2O2/c1-3-11-27(12-4-1)32-17-8-18-34-33-24-23-31(26-39(33)45-40(32)34)44-30-16-7-15-29(25-30)43(28-13-5-2-6-14-28)37-21-9-19-35-36-20-10-22-38(44)42(36)46-41(35)37/h1-26H. The Balaban J connectivity index is 1.25. The number of furan rings is 2. The zero-order valence-electron chi connectivity index (χ0n) is 24.7. The molecule has 0 amide bonds. The average molecular weight is 591 g/mol. The maximum Gasteiger partial charge on any atom is 0.159 e. The van der Waals surface area contributed by atoms with Gasteiger partial charge >= 0.3 is 0 Å². The number of rotatable bonds is 3. The predicted octanol–water partition coefficient (Wildman–Crippen LogP) is 12.4. The minimum absolute atomic E-state index is 0.842. The van der Waals surface area contributed by atoms with Crippen LogP contribution in [-0.4, -0.2) is 0 Å². The second-order valence-electron chi connectivity index (χ2n) is 11.8. The van der Waals surface area contributed by atoms with E-state index in [9.17, 15) is 0 Å². The van der Waals surface area contributed by atoms with Gasteiger partial charge in [-0.15, -0.1) is 0 Å². The molecule has 0 unspecified atom stereocenters. The molecule has 4 bridgehead atoms. The molecular formula is C42H26N2O2. The van der Waals surface area contributed by atoms with Crippen molar-refractivity contribution in [3.63, 3.8) is 0 Å². The smallest absolute Gasteiger partial charge is 0.159 e. The van der Waals surface area contributed by atoms with Gasteiger partial charge in [0.1, 0.15) is 11.2 Å². The first kappa shape index (κ1) is 25.1. The minimum atomic E-state index is 0.842. The number of nitrogens with zero attached hydrogens (tertiary/aromatic N) is 2. The molecule has 4 nitrogen and oxygen atoms in total. The van der Waals surface area contributed by atoms with Gasteiger partial charge in [-0.1, -0.05) is 97.1 Å². The zero-order valence-corrected chi connectivity index (χ0v) is 24.7. The Morgan fingerprint density at radius 2 is 0.891 bits per heavy atom. The molecule has 4 heteroatoms. The second-order valence-corrected chi connectivity index (χ2v) is 11.8. The van der Waals surface area contributed by atoms with Gasteiger partial charge in [0.25, 0.3) is 0 Å². The Kier molecular flexibility index (Phi) is 5.25. The fourth-order valence-electron chi connectivity index (χ4n) is 7.12. The molecule has 46 heavy (non-hydrogen) atoms. The van der Waals surface area contributed by atoms with Crippen LogP contribution in [0.15, 0.2) is 167 Å². The Labute approximate surface area is 264 Å². The summed E-state index contributed by atoms with van der Waals surface area (Å²) in [6.45, 7) is 0. The van der Waals surface area contributed by atoms with E-state index in [0.29, 0.717) is 0 Å². The van der Waals surface area contributed by atoms with Crippen molar-refractivity contribution >= 4 is 78.0 Å². The van der Waals surface area contributed by atoms with Crippen LogP contribution in [0.25, 0.3) is 55.0 Å². The molecule has 0 saturated heterocycles. The van der Waals surface area contributed by atoms with E-state index >= 15 is 0 Å². The van der Waals surface area contributed by atoms with Crippen LogP contribution in [0.5, 0.6) is 0 Å². The van der Waals surface area contributed by atoms with E-state index in [1.54, 1.807) is 0 Å². The van der Waals surface area contributed by atoms with Gasteiger partial charge in [-0.3, -0.25) is 0 Å². The molecule has 0 N–H and O–H groups in total. The van der Waals surface area contributed by atoms with Crippen LogP contribution in [0.4, 0.5) is 34.1 Å². The highest BCUT2D eigenvalue weighted by Gasteiger charge is 2.26. The van der Waals surface area contributed by atoms with Crippen molar-refractivity contribution < 1.29 is 8.83 Å². The summed E-state index contributed by atoms with van der Waals surface area (Å²) in [6, 6.07) is 55.4. The first-order valence-electron chi connectivity index (χ1n) is 15.5. The van der Waals surface area contributed by atoms with Gasteiger partial charge in [-0.25, -0.2) is 0 Å². The van der Waals surface area contributed by atoms with Crippen LogP contribution in [0.3, 0.4) is 0 Å². The molecule has 0 radical (unpaired) electrons. The predicted molar refractivity (Wildman–Crippen MR) is 189 cm³/mol. The van der Waals surface area contributed by atoms with Crippen molar-refractivity contribution in [2.75, 3.05) is 9.80 Å². The Morgan fingerprint density at radius 1 is 0.348 bits per heavy atom. The van der Waals surface area contributed by atoms with E-state index < -0.39 is 0 Å². The van der Waals surface area contributed by atoms with E-state index in [1.165, 1.54) is 0 Å². The van der Waals surface area contributed by atoms with Crippen LogP contribution in [0.1, 0.15) is 0 Å². The van der Waals surface area contributed by atoms with Crippen LogP contribution in [0.2, 0.25) is 0 Å². The van der Waals surface area contributed by atoms with E-state index in [-0.39, 0.29) is 0 Å². The lowest BCUT2D eigenvalue weighted by molar-refractivity contribution is 0.668. The highest BCUT2D eigenvalue weighted by molar-refractivity contribution is 6.15. The fourth-order valence-corrected chi connectivity index (χ4v) is 7.12. The van der Waals surface area contributed by atoms with E-state index in [2.05, 4.69) is 155 Å². The number of anilines is 6. The van der Waals surface area contributed by atoms with Gasteiger partial charge in [0.05, 0.1) is 17.1 Å². The molecule has 1 aliphatic rings. The largest absolute Gasteiger partial charge is 0.455 e. The quantitative estimate of drug-likeness (QED) is 0.205. The second kappa shape index (κ2) is 9.62. The lowest BCUT2D eigenvalue weighted by Gasteiger charge is -2.29. The summed E-state index contributed by atoms with van der Waals surface area (Å²) >= 11 is 0. The summed E-state index contributed by atoms with van der Waals surface area (Å²) in [5, 5.41) is 4.37. The van der Waals surface area contributed by atoms with Crippen LogP contribution < -0.4 is 9.80 Å². The first-order chi connectivity index (χ1) is 22.8. The molecular weight excluding hydrogens is 564 g/mol. The highest BCUT2D eigenvalue weighted by atomic mass is 16.3. The van der Waals surface area contributed by atoms with Crippen molar-refractivity contribution in [1.82, 2.24) is 0 Å². The SMILES string of the molecule is c1ccc(-c2cccc3c2oc2cc(N4c5cccc(c5)N(c5ccccc5)c5cccc6c5oc5c4cccc56)ccc23)cc1. The van der Waals surface area contributed by atoms with Crippen LogP contribution >= 0.6 is 0 Å². The molecule has 0 saturated carbocycles. The van der Waals surface area contributed by atoms with Crippen LogP contribution in [0, 0.1) is 0 Å². The zero-order chi connectivity index (χ0) is 30.2. The van der Waals surface area contributed by atoms with Gasteiger partial charge in [-0.2, -0.15) is 0 Å². The number of benzene rings is 7. The van der Waals surface area contributed by atoms with Gasteiger partial charge in [-0.05, 0) is 60.2 Å². The lowest BCUT2D eigenvalue weighted by atomic mass is 10.0. The Morgan fingerprint density at radius 3 is 1.59 bits per heavy atom. The van der Waals surface area contributed by atoms with Gasteiger partial charge in [0.15, 0.2) is 11.2 Å². The fraction of sp³-hybridized carbons (Fsp3) is 0. The summed E-state index contributed by atoms with van der Waals surface area (Å²) in [7, 11) is 0. The van der Waals surface area contributed by atoms with Crippen molar-refractivity contribution in [3.8, 4) is 11.1 Å². The van der Waals surface area contributed by atoms with Crippen molar-refractivity contribution in [3.05, 3.63) is 158 Å². The number of hydrogen-bond donors (Lipinski definition) is 0. The van der Waals surface area contributed by atoms with Gasteiger partial charge in [0.2, 0.25) is 0 Å². The number of para-hydroxylation sites is 4. The van der Waals surface area contributed by atoms with Gasteiger partial charge < -0.3 is 18.6 Å². The molecule has 1 aliphatic heterocycles. The van der Waals surface area contributed by atoms with Crippen LogP contribution in [-0.2, 0) is 0 Å². The summed E-state index contributed by atoms with van der Waals surface area (Å²) in [4.78, 5) is 4.57. The topological polar surface area (TPSA) is 32.8 Å². The van der Waals surface area contributed by atoms with E-state index in [0.717, 1.165) is 89.1 Å². The molecule has 3 heterocycles. The molecule has 0 spiro atoms. The molecule has 9 aromatic rings. The van der Waals surface area contributed by atoms with E-state index in [1.807, 2.05) is 12.1 Å². The average Bonchev–Trinajstić information content (AvgIpc) is 3.69. The number of hydrogen-bond acceptors (Lipinski definition) is 4. The monoisotopic (exact) mass is 590 g/mol. The number of fused-ring (bicyclic) bond motifs is 6. The van der Waals surface area contributed by atoms with Gasteiger partial charge in [0, 0.05) is 50.2 Å². The highest BCUT2D eigenvalue weighted by Crippen LogP contribution is 2.49. The Hall–Kier alpha value is -6.26. The summed E-state index contributed by atoms with van der Waals surface area (Å²) in [5.74, 6) is 0. The lowest BCUT2D eigenvalue weighted by Crippen LogP contribution is -2.13. The van der Waals surface area contributed by atoms with Crippen molar-refractivity contribution in [2.24, 2.45) is 0 Å². The molecule has 0 atom stereocenters. The Bertz CT molecular complexity index is 2600. The summed E-state index contributed by atoms with van der Waals surface area (Å²) < 4.78 is 13.6. The maximum atomic E-state index is 6.88. The molecule has 2 aromatic heterocycles. The van der Waals surface area contributed by atoms with Crippen molar-refractivity contribution in [1.29, 1.82) is 0 Å². The first-order valence-corrected chi connectivity index (χ1v) is 15.5. The summed E-state index contributed by atoms with van der Waals surface area (Å²) in [6.07, 6.45) is 0.